The molecule has 1 amide bonds. The summed E-state index contributed by atoms with van der Waals surface area (Å²) in [5.74, 6) is 0.295. The van der Waals surface area contributed by atoms with Gasteiger partial charge in [-0.05, 0) is 80.4 Å². The second kappa shape index (κ2) is 9.90. The topological polar surface area (TPSA) is 45.5 Å². The third-order valence-electron chi connectivity index (χ3n) is 6.78. The zero-order valence-corrected chi connectivity index (χ0v) is 21.6. The van der Waals surface area contributed by atoms with Crippen LogP contribution >= 0.6 is 12.4 Å². The van der Waals surface area contributed by atoms with Crippen LogP contribution in [0.4, 0.5) is 0 Å². The third-order valence-corrected chi connectivity index (χ3v) is 6.78. The summed E-state index contributed by atoms with van der Waals surface area (Å²) in [5, 5.41) is 4.23. The van der Waals surface area contributed by atoms with E-state index in [0.29, 0.717) is 12.3 Å². The zero-order chi connectivity index (χ0) is 23.0. The van der Waals surface area contributed by atoms with Crippen molar-refractivity contribution in [2.75, 3.05) is 19.6 Å². The molecule has 1 atom stereocenters. The van der Waals surface area contributed by atoms with Gasteiger partial charge in [0, 0.05) is 17.5 Å². The van der Waals surface area contributed by atoms with Gasteiger partial charge in [-0.1, -0.05) is 51.1 Å². The number of carbonyl (C=O) groups is 1. The number of nitrogens with one attached hydrogen (secondary N) is 1. The number of benzene rings is 2. The molecule has 1 aliphatic rings. The average Bonchev–Trinajstić information content (AvgIpc) is 3.36. The van der Waals surface area contributed by atoms with Gasteiger partial charge in [-0.15, -0.1) is 12.4 Å². The molecule has 2 heterocycles. The smallest absolute Gasteiger partial charge is 0.287 e. The van der Waals surface area contributed by atoms with Crippen LogP contribution in [0.1, 0.15) is 78.0 Å². The molecule has 1 fully saturated rings. The average molecular weight is 469 g/mol. The van der Waals surface area contributed by atoms with E-state index in [9.17, 15) is 4.79 Å². The van der Waals surface area contributed by atoms with E-state index in [1.54, 1.807) is 0 Å². The normalized spacial score (nSPS) is 15.5. The number of furan rings is 1. The highest BCUT2D eigenvalue weighted by atomic mass is 35.5. The molecule has 33 heavy (non-hydrogen) atoms. The van der Waals surface area contributed by atoms with Gasteiger partial charge in [0.05, 0.1) is 6.04 Å². The molecule has 1 saturated heterocycles. The Morgan fingerprint density at radius 2 is 1.70 bits per heavy atom. The van der Waals surface area contributed by atoms with Gasteiger partial charge >= 0.3 is 0 Å². The van der Waals surface area contributed by atoms with Gasteiger partial charge < -0.3 is 9.73 Å². The van der Waals surface area contributed by atoms with Gasteiger partial charge in [-0.2, -0.15) is 0 Å². The molecule has 178 valence electrons. The lowest BCUT2D eigenvalue weighted by Gasteiger charge is -2.29. The number of carbonyl (C=O) groups excluding carboxylic acids is 1. The number of aryl methyl sites for hydroxylation is 3. The molecule has 0 aliphatic carbocycles. The molecule has 0 bridgehead atoms. The van der Waals surface area contributed by atoms with E-state index in [-0.39, 0.29) is 29.8 Å². The molecule has 1 aliphatic heterocycles. The largest absolute Gasteiger partial charge is 0.451 e. The quantitative estimate of drug-likeness (QED) is 0.456. The summed E-state index contributed by atoms with van der Waals surface area (Å²) in [6, 6.07) is 13.2. The highest BCUT2D eigenvalue weighted by Gasteiger charge is 2.26. The molecule has 1 unspecified atom stereocenters. The van der Waals surface area contributed by atoms with Crippen molar-refractivity contribution < 1.29 is 9.21 Å². The minimum Gasteiger partial charge on any atom is -0.451 e. The van der Waals surface area contributed by atoms with Crippen LogP contribution in [0.15, 0.2) is 40.8 Å². The Hall–Kier alpha value is -2.30. The molecule has 2 aromatic carbocycles. The summed E-state index contributed by atoms with van der Waals surface area (Å²) < 4.78 is 6.01. The lowest BCUT2D eigenvalue weighted by Crippen LogP contribution is -2.37. The van der Waals surface area contributed by atoms with Crippen molar-refractivity contribution >= 4 is 29.3 Å². The van der Waals surface area contributed by atoms with Gasteiger partial charge in [-0.3, -0.25) is 9.69 Å². The summed E-state index contributed by atoms with van der Waals surface area (Å²) in [7, 11) is 0. The fourth-order valence-electron chi connectivity index (χ4n) is 4.99. The first-order chi connectivity index (χ1) is 15.1. The van der Waals surface area contributed by atoms with Crippen LogP contribution in [0.25, 0.3) is 11.0 Å². The molecule has 4 rings (SSSR count). The number of likely N-dealkylation sites (tertiary alicyclic amines) is 1. The van der Waals surface area contributed by atoms with Crippen LogP contribution in [0.2, 0.25) is 0 Å². The Morgan fingerprint density at radius 1 is 1.06 bits per heavy atom. The summed E-state index contributed by atoms with van der Waals surface area (Å²) >= 11 is 0. The van der Waals surface area contributed by atoms with Crippen LogP contribution < -0.4 is 5.32 Å². The first-order valence-corrected chi connectivity index (χ1v) is 11.8. The van der Waals surface area contributed by atoms with Crippen molar-refractivity contribution in [3.63, 3.8) is 0 Å². The summed E-state index contributed by atoms with van der Waals surface area (Å²) in [6.07, 6.45) is 2.43. The van der Waals surface area contributed by atoms with E-state index in [1.165, 1.54) is 24.0 Å². The van der Waals surface area contributed by atoms with Gasteiger partial charge in [0.25, 0.3) is 5.91 Å². The van der Waals surface area contributed by atoms with Crippen molar-refractivity contribution in [2.45, 2.75) is 65.8 Å². The van der Waals surface area contributed by atoms with E-state index in [2.05, 4.69) is 75.2 Å². The number of hydrogen-bond acceptors (Lipinski definition) is 3. The first kappa shape index (κ1) is 25.3. The zero-order valence-electron chi connectivity index (χ0n) is 20.7. The number of rotatable bonds is 5. The molecular formula is C28H37ClN2O2. The number of nitrogens with zero attached hydrogens (tertiary/aromatic N) is 1. The third kappa shape index (κ3) is 5.28. The van der Waals surface area contributed by atoms with Gasteiger partial charge in [0.2, 0.25) is 0 Å². The van der Waals surface area contributed by atoms with Gasteiger partial charge in [0.15, 0.2) is 5.76 Å². The van der Waals surface area contributed by atoms with Crippen LogP contribution in [0.5, 0.6) is 0 Å². The summed E-state index contributed by atoms with van der Waals surface area (Å²) in [5.41, 5.74) is 6.71. The molecule has 3 aromatic rings. The van der Waals surface area contributed by atoms with E-state index in [4.69, 9.17) is 4.42 Å². The van der Waals surface area contributed by atoms with E-state index < -0.39 is 0 Å². The molecule has 0 spiro atoms. The molecular weight excluding hydrogens is 432 g/mol. The summed E-state index contributed by atoms with van der Waals surface area (Å²) in [4.78, 5) is 15.6. The Bertz CT molecular complexity index is 1120. The molecule has 5 heteroatoms. The number of amides is 1. The Morgan fingerprint density at radius 3 is 2.30 bits per heavy atom. The minimum atomic E-state index is -0.133. The highest BCUT2D eigenvalue weighted by Crippen LogP contribution is 2.31. The lowest BCUT2D eigenvalue weighted by atomic mass is 9.86. The Balaban J connectivity index is 0.00000306. The maximum atomic E-state index is 13.1. The maximum absolute atomic E-state index is 13.1. The van der Waals surface area contributed by atoms with Gasteiger partial charge in [0.1, 0.15) is 5.58 Å². The fraction of sp³-hybridized carbons (Fsp3) is 0.464. The first-order valence-electron chi connectivity index (χ1n) is 11.8. The molecule has 0 radical (unpaired) electrons. The van der Waals surface area contributed by atoms with Crippen molar-refractivity contribution in [3.05, 3.63) is 70.0 Å². The van der Waals surface area contributed by atoms with Crippen molar-refractivity contribution in [3.8, 4) is 0 Å². The number of halogens is 1. The molecule has 1 N–H and O–H groups in total. The standard InChI is InChI=1S/C28H36N2O2.ClH/c1-18-15-19(2)25-20(3)26(32-24(25)16-18)27(31)29-17-23(30-13-7-8-14-30)21-9-11-22(12-10-21)28(4,5)6;/h9-12,15-16,23H,7-8,13-14,17H2,1-6H3,(H,29,31);1H. The van der Waals surface area contributed by atoms with Crippen molar-refractivity contribution in [2.24, 2.45) is 0 Å². The van der Waals surface area contributed by atoms with E-state index >= 15 is 0 Å². The lowest BCUT2D eigenvalue weighted by molar-refractivity contribution is 0.0911. The Labute approximate surface area is 204 Å². The van der Waals surface area contributed by atoms with Crippen LogP contribution in [-0.4, -0.2) is 30.4 Å². The molecule has 1 aromatic heterocycles. The monoisotopic (exact) mass is 468 g/mol. The second-order valence-electron chi connectivity index (χ2n) is 10.4. The maximum Gasteiger partial charge on any atom is 0.287 e. The predicted octanol–water partition coefficient (Wildman–Crippen LogP) is 6.64. The predicted molar refractivity (Wildman–Crippen MR) is 139 cm³/mol. The second-order valence-corrected chi connectivity index (χ2v) is 10.4. The highest BCUT2D eigenvalue weighted by molar-refractivity contribution is 6.00. The van der Waals surface area contributed by atoms with E-state index in [0.717, 1.165) is 40.7 Å². The molecule has 4 nitrogen and oxygen atoms in total. The van der Waals surface area contributed by atoms with Crippen LogP contribution in [0.3, 0.4) is 0 Å². The van der Waals surface area contributed by atoms with Crippen LogP contribution in [-0.2, 0) is 5.41 Å². The van der Waals surface area contributed by atoms with Gasteiger partial charge in [-0.25, -0.2) is 0 Å². The molecule has 0 saturated carbocycles. The minimum absolute atomic E-state index is 0. The Kier molecular flexibility index (Phi) is 7.60. The van der Waals surface area contributed by atoms with Crippen LogP contribution in [0, 0.1) is 20.8 Å². The fourth-order valence-corrected chi connectivity index (χ4v) is 4.99. The van der Waals surface area contributed by atoms with E-state index in [1.807, 2.05) is 13.0 Å². The summed E-state index contributed by atoms with van der Waals surface area (Å²) in [6.45, 7) is 15.5. The number of fused-ring (bicyclic) bond motifs is 1. The van der Waals surface area contributed by atoms with Crippen molar-refractivity contribution in [1.82, 2.24) is 10.2 Å². The number of hydrogen-bond donors (Lipinski definition) is 1. The SMILES string of the molecule is Cc1cc(C)c2c(C)c(C(=O)NCC(c3ccc(C(C)(C)C)cc3)N3CCCC3)oc2c1.Cl. The van der Waals surface area contributed by atoms with Crippen molar-refractivity contribution in [1.29, 1.82) is 0 Å².